The van der Waals surface area contributed by atoms with Crippen LogP contribution >= 0.6 is 12.4 Å². The number of carbonyl (C=O) groups is 1. The molecule has 4 nitrogen and oxygen atoms in total. The van der Waals surface area contributed by atoms with E-state index >= 15 is 0 Å². The van der Waals surface area contributed by atoms with E-state index in [1.807, 2.05) is 30.3 Å². The summed E-state index contributed by atoms with van der Waals surface area (Å²) in [5.41, 5.74) is 6.38. The van der Waals surface area contributed by atoms with Gasteiger partial charge in [-0.15, -0.1) is 12.4 Å². The quantitative estimate of drug-likeness (QED) is 0.876. The summed E-state index contributed by atoms with van der Waals surface area (Å²) in [6, 6.07) is 8.70. The molecule has 1 aromatic carbocycles. The van der Waals surface area contributed by atoms with Gasteiger partial charge in [0.25, 0.3) is 0 Å². The van der Waals surface area contributed by atoms with Crippen LogP contribution in [0.4, 0.5) is 18.0 Å². The van der Waals surface area contributed by atoms with Crippen LogP contribution in [0.15, 0.2) is 30.3 Å². The molecule has 0 unspecified atom stereocenters. The molecular formula is C12H16ClF3N2O2. The summed E-state index contributed by atoms with van der Waals surface area (Å²) in [7, 11) is 0. The number of rotatable bonds is 5. The maximum Gasteiger partial charge on any atom is 0.422 e. The second kappa shape index (κ2) is 8.65. The second-order valence-electron chi connectivity index (χ2n) is 3.96. The summed E-state index contributed by atoms with van der Waals surface area (Å²) >= 11 is 0. The third-order valence-corrected chi connectivity index (χ3v) is 2.30. The monoisotopic (exact) mass is 312 g/mol. The SMILES string of the molecule is Cl.NC[C@H](Cc1ccccc1)NC(=O)OCC(F)(F)F. The Morgan fingerprint density at radius 3 is 2.40 bits per heavy atom. The van der Waals surface area contributed by atoms with Crippen molar-refractivity contribution in [1.82, 2.24) is 5.32 Å². The predicted octanol–water partition coefficient (Wildman–Crippen LogP) is 2.27. The molecule has 1 amide bonds. The van der Waals surface area contributed by atoms with E-state index in [0.29, 0.717) is 6.42 Å². The fraction of sp³-hybridized carbons (Fsp3) is 0.417. The zero-order valence-corrected chi connectivity index (χ0v) is 11.3. The summed E-state index contributed by atoms with van der Waals surface area (Å²) < 4.78 is 39.6. The van der Waals surface area contributed by atoms with Crippen LogP contribution in [0.2, 0.25) is 0 Å². The highest BCUT2D eigenvalue weighted by atomic mass is 35.5. The lowest BCUT2D eigenvalue weighted by Crippen LogP contribution is -2.42. The van der Waals surface area contributed by atoms with Gasteiger partial charge in [0.05, 0.1) is 0 Å². The molecule has 0 saturated carbocycles. The predicted molar refractivity (Wildman–Crippen MR) is 70.8 cm³/mol. The van der Waals surface area contributed by atoms with Crippen molar-refractivity contribution in [1.29, 1.82) is 0 Å². The Balaban J connectivity index is 0.00000361. The molecule has 0 spiro atoms. The number of alkyl carbamates (subject to hydrolysis) is 1. The molecule has 0 radical (unpaired) electrons. The summed E-state index contributed by atoms with van der Waals surface area (Å²) in [5.74, 6) is 0. The minimum absolute atomic E-state index is 0. The molecule has 0 aliphatic rings. The summed E-state index contributed by atoms with van der Waals surface area (Å²) in [6.45, 7) is -1.50. The van der Waals surface area contributed by atoms with Gasteiger partial charge in [-0.2, -0.15) is 13.2 Å². The van der Waals surface area contributed by atoms with Crippen LogP contribution in [0.5, 0.6) is 0 Å². The van der Waals surface area contributed by atoms with Crippen LogP contribution in [0.3, 0.4) is 0 Å². The molecule has 0 aliphatic carbocycles. The van der Waals surface area contributed by atoms with Crippen molar-refractivity contribution in [2.75, 3.05) is 13.2 Å². The number of nitrogens with one attached hydrogen (secondary N) is 1. The fourth-order valence-electron chi connectivity index (χ4n) is 1.45. The van der Waals surface area contributed by atoms with Crippen molar-refractivity contribution in [2.24, 2.45) is 5.73 Å². The van der Waals surface area contributed by atoms with Crippen molar-refractivity contribution in [2.45, 2.75) is 18.6 Å². The van der Waals surface area contributed by atoms with Crippen LogP contribution in [0.25, 0.3) is 0 Å². The maximum atomic E-state index is 11.9. The number of alkyl halides is 3. The zero-order chi connectivity index (χ0) is 14.3. The number of benzene rings is 1. The van der Waals surface area contributed by atoms with Gasteiger partial charge in [-0.1, -0.05) is 30.3 Å². The van der Waals surface area contributed by atoms with Crippen LogP contribution in [-0.2, 0) is 11.2 Å². The molecule has 0 fully saturated rings. The third kappa shape index (κ3) is 7.85. The van der Waals surface area contributed by atoms with Gasteiger partial charge >= 0.3 is 12.3 Å². The molecule has 0 bridgehead atoms. The van der Waals surface area contributed by atoms with Gasteiger partial charge in [-0.25, -0.2) is 4.79 Å². The Kier molecular flexibility index (Phi) is 8.02. The van der Waals surface area contributed by atoms with Gasteiger partial charge in [0.1, 0.15) is 0 Å². The minimum atomic E-state index is -4.53. The van der Waals surface area contributed by atoms with Gasteiger partial charge in [0.15, 0.2) is 6.61 Å². The van der Waals surface area contributed by atoms with E-state index in [1.165, 1.54) is 0 Å². The Morgan fingerprint density at radius 1 is 1.30 bits per heavy atom. The van der Waals surface area contributed by atoms with Crippen molar-refractivity contribution in [3.8, 4) is 0 Å². The van der Waals surface area contributed by atoms with E-state index in [9.17, 15) is 18.0 Å². The number of ether oxygens (including phenoxy) is 1. The molecule has 0 saturated heterocycles. The normalized spacial score (nSPS) is 12.2. The maximum absolute atomic E-state index is 11.9. The molecule has 8 heteroatoms. The van der Waals surface area contributed by atoms with Gasteiger partial charge < -0.3 is 15.8 Å². The van der Waals surface area contributed by atoms with Gasteiger partial charge in [0, 0.05) is 12.6 Å². The second-order valence-corrected chi connectivity index (χ2v) is 3.96. The molecule has 0 aromatic heterocycles. The van der Waals surface area contributed by atoms with Crippen molar-refractivity contribution in [3.63, 3.8) is 0 Å². The van der Waals surface area contributed by atoms with Crippen molar-refractivity contribution >= 4 is 18.5 Å². The summed E-state index contributed by atoms with van der Waals surface area (Å²) in [4.78, 5) is 11.2. The van der Waals surface area contributed by atoms with Crippen LogP contribution < -0.4 is 11.1 Å². The van der Waals surface area contributed by atoms with Gasteiger partial charge in [-0.05, 0) is 12.0 Å². The number of hydrogen-bond acceptors (Lipinski definition) is 3. The minimum Gasteiger partial charge on any atom is -0.440 e. The smallest absolute Gasteiger partial charge is 0.422 e. The first kappa shape index (κ1) is 18.5. The highest BCUT2D eigenvalue weighted by molar-refractivity contribution is 5.85. The lowest BCUT2D eigenvalue weighted by atomic mass is 10.1. The Bertz CT molecular complexity index is 401. The van der Waals surface area contributed by atoms with Crippen molar-refractivity contribution in [3.05, 3.63) is 35.9 Å². The highest BCUT2D eigenvalue weighted by Gasteiger charge is 2.29. The molecule has 3 N–H and O–H groups in total. The Morgan fingerprint density at radius 2 is 1.90 bits per heavy atom. The van der Waals surface area contributed by atoms with E-state index < -0.39 is 24.9 Å². The van der Waals surface area contributed by atoms with Crippen LogP contribution in [-0.4, -0.2) is 31.5 Å². The van der Waals surface area contributed by atoms with Gasteiger partial charge in [0.2, 0.25) is 0 Å². The highest BCUT2D eigenvalue weighted by Crippen LogP contribution is 2.14. The lowest BCUT2D eigenvalue weighted by Gasteiger charge is -2.17. The Hall–Kier alpha value is -1.47. The van der Waals surface area contributed by atoms with E-state index in [0.717, 1.165) is 5.56 Å². The molecule has 20 heavy (non-hydrogen) atoms. The molecule has 0 aliphatic heterocycles. The van der Waals surface area contributed by atoms with Crippen LogP contribution in [0.1, 0.15) is 5.56 Å². The molecule has 1 atom stereocenters. The van der Waals surface area contributed by atoms with E-state index in [1.54, 1.807) is 0 Å². The first-order valence-electron chi connectivity index (χ1n) is 5.65. The molecule has 1 aromatic rings. The van der Waals surface area contributed by atoms with Crippen LogP contribution in [0, 0.1) is 0 Å². The fourth-order valence-corrected chi connectivity index (χ4v) is 1.45. The topological polar surface area (TPSA) is 64.3 Å². The Labute approximate surface area is 120 Å². The number of halogens is 4. The average Bonchev–Trinajstić information content (AvgIpc) is 2.36. The third-order valence-electron chi connectivity index (χ3n) is 2.30. The number of hydrogen-bond donors (Lipinski definition) is 2. The molecule has 1 rings (SSSR count). The number of carbonyl (C=O) groups excluding carboxylic acids is 1. The first-order valence-corrected chi connectivity index (χ1v) is 5.65. The largest absolute Gasteiger partial charge is 0.440 e. The molecule has 0 heterocycles. The van der Waals surface area contributed by atoms with Crippen molar-refractivity contribution < 1.29 is 22.7 Å². The molecular weight excluding hydrogens is 297 g/mol. The average molecular weight is 313 g/mol. The van der Waals surface area contributed by atoms with E-state index in [-0.39, 0.29) is 19.0 Å². The summed E-state index contributed by atoms with van der Waals surface area (Å²) in [6.07, 6.45) is -5.23. The first-order chi connectivity index (χ1) is 8.90. The van der Waals surface area contributed by atoms with Gasteiger partial charge in [-0.3, -0.25) is 0 Å². The zero-order valence-electron chi connectivity index (χ0n) is 10.5. The lowest BCUT2D eigenvalue weighted by molar-refractivity contribution is -0.160. The number of amides is 1. The number of nitrogens with two attached hydrogens (primary N) is 1. The summed E-state index contributed by atoms with van der Waals surface area (Å²) in [5, 5.41) is 2.30. The molecule has 114 valence electrons. The standard InChI is InChI=1S/C12H15F3N2O2.ClH/c13-12(14,15)8-19-11(18)17-10(7-16)6-9-4-2-1-3-5-9;/h1-5,10H,6-8,16H2,(H,17,18);1H/t10-;/m0./s1. The van der Waals surface area contributed by atoms with E-state index in [4.69, 9.17) is 5.73 Å². The van der Waals surface area contributed by atoms with E-state index in [2.05, 4.69) is 10.1 Å².